The molecule has 4 aromatic carbocycles. The van der Waals surface area contributed by atoms with Crippen LogP contribution in [-0.4, -0.2) is 11.5 Å². The second kappa shape index (κ2) is 8.49. The van der Waals surface area contributed by atoms with E-state index in [1.807, 2.05) is 73.7 Å². The maximum Gasteiger partial charge on any atom is 0.152 e. The maximum absolute atomic E-state index is 8.50. The fourth-order valence-electron chi connectivity index (χ4n) is 3.33. The first-order valence-electron chi connectivity index (χ1n) is 9.66. The van der Waals surface area contributed by atoms with Crippen molar-refractivity contribution < 1.29 is 0 Å². The first kappa shape index (κ1) is 18.6. The van der Waals surface area contributed by atoms with E-state index in [0.29, 0.717) is 0 Å². The Bertz CT molecular complexity index is 1160. The van der Waals surface area contributed by atoms with Crippen LogP contribution in [0.25, 0.3) is 22.3 Å². The molecule has 0 aromatic heterocycles. The number of hydrogen-bond donors (Lipinski definition) is 1. The Balaban J connectivity index is 1.61. The predicted molar refractivity (Wildman–Crippen MR) is 123 cm³/mol. The molecule has 0 saturated carbocycles. The van der Waals surface area contributed by atoms with Crippen molar-refractivity contribution in [3.63, 3.8) is 0 Å². The number of nitrogens with zero attached hydrogens (tertiary/aromatic N) is 1. The number of hydrogen-bond acceptors (Lipinski definition) is 1. The zero-order valence-electron chi connectivity index (χ0n) is 16.3. The van der Waals surface area contributed by atoms with E-state index >= 15 is 0 Å². The molecular formula is C27H22N2. The van der Waals surface area contributed by atoms with E-state index < -0.39 is 0 Å². The van der Waals surface area contributed by atoms with Gasteiger partial charge in [-0.05, 0) is 46.9 Å². The Morgan fingerprint density at radius 3 is 1.55 bits per heavy atom. The lowest BCUT2D eigenvalue weighted by Gasteiger charge is -2.08. The zero-order valence-corrected chi connectivity index (χ0v) is 16.3. The van der Waals surface area contributed by atoms with Gasteiger partial charge in [0.15, 0.2) is 5.84 Å². The van der Waals surface area contributed by atoms with E-state index in [1.165, 1.54) is 5.56 Å². The van der Waals surface area contributed by atoms with Crippen LogP contribution >= 0.6 is 0 Å². The maximum atomic E-state index is 8.50. The summed E-state index contributed by atoms with van der Waals surface area (Å²) in [5.41, 5.74) is 7.21. The second-order valence-electron chi connectivity index (χ2n) is 6.94. The van der Waals surface area contributed by atoms with E-state index in [-0.39, 0.29) is 5.84 Å². The molecule has 0 unspecified atom stereocenters. The van der Waals surface area contributed by atoms with Gasteiger partial charge in [0.2, 0.25) is 0 Å². The molecule has 0 amide bonds. The molecule has 0 fully saturated rings. The average Bonchev–Trinajstić information content (AvgIpc) is 2.80. The minimum Gasteiger partial charge on any atom is -0.282 e. The molecule has 0 spiro atoms. The number of amidine groups is 1. The smallest absolute Gasteiger partial charge is 0.152 e. The van der Waals surface area contributed by atoms with Crippen molar-refractivity contribution in [2.24, 2.45) is 4.99 Å². The Morgan fingerprint density at radius 1 is 0.552 bits per heavy atom. The monoisotopic (exact) mass is 374 g/mol. The summed E-state index contributed by atoms with van der Waals surface area (Å²) in [5.74, 6) is 0.269. The fourth-order valence-corrected chi connectivity index (χ4v) is 3.33. The van der Waals surface area contributed by atoms with Gasteiger partial charge in [-0.1, -0.05) is 97.1 Å². The van der Waals surface area contributed by atoms with Crippen LogP contribution in [0.2, 0.25) is 0 Å². The normalized spacial score (nSPS) is 11.3. The topological polar surface area (TPSA) is 36.2 Å². The molecule has 0 aliphatic heterocycles. The highest BCUT2D eigenvalue weighted by Gasteiger charge is 2.06. The Hall–Kier alpha value is -3.78. The molecule has 0 bridgehead atoms. The highest BCUT2D eigenvalue weighted by atomic mass is 14.8. The van der Waals surface area contributed by atoms with Crippen LogP contribution in [0.5, 0.6) is 0 Å². The van der Waals surface area contributed by atoms with Crippen molar-refractivity contribution in [2.45, 2.75) is 6.92 Å². The number of benzene rings is 4. The van der Waals surface area contributed by atoms with Gasteiger partial charge in [0, 0.05) is 11.3 Å². The lowest BCUT2D eigenvalue weighted by atomic mass is 10.0. The molecule has 29 heavy (non-hydrogen) atoms. The summed E-state index contributed by atoms with van der Waals surface area (Å²) in [6.07, 6.45) is 0. The van der Waals surface area contributed by atoms with Gasteiger partial charge in [0.05, 0.1) is 0 Å². The standard InChI is InChI=1S/C27H22N2/c1-20(23-14-8-15-24(18-23)21-10-4-2-5-11-21)29-27(28)26-17-9-16-25(19-26)22-12-6-3-7-13-22/h2-19,28H,1H3. The van der Waals surface area contributed by atoms with Crippen LogP contribution < -0.4 is 0 Å². The van der Waals surface area contributed by atoms with Crippen LogP contribution in [0, 0.1) is 5.41 Å². The van der Waals surface area contributed by atoms with Crippen LogP contribution in [0.15, 0.2) is 114 Å². The summed E-state index contributed by atoms with van der Waals surface area (Å²) in [6, 6.07) is 36.8. The van der Waals surface area contributed by atoms with E-state index in [0.717, 1.165) is 33.5 Å². The van der Waals surface area contributed by atoms with Crippen molar-refractivity contribution in [3.05, 3.63) is 120 Å². The van der Waals surface area contributed by atoms with Gasteiger partial charge >= 0.3 is 0 Å². The van der Waals surface area contributed by atoms with Crippen LogP contribution in [0.4, 0.5) is 0 Å². The van der Waals surface area contributed by atoms with Gasteiger partial charge in [-0.3, -0.25) is 5.41 Å². The summed E-state index contributed by atoms with van der Waals surface area (Å²) in [4.78, 5) is 4.59. The Kier molecular flexibility index (Phi) is 5.44. The molecule has 4 aromatic rings. The quantitative estimate of drug-likeness (QED) is 0.299. The Morgan fingerprint density at radius 2 is 1.00 bits per heavy atom. The van der Waals surface area contributed by atoms with Crippen molar-refractivity contribution in [2.75, 3.05) is 0 Å². The summed E-state index contributed by atoms with van der Waals surface area (Å²) in [5, 5.41) is 8.50. The van der Waals surface area contributed by atoms with Gasteiger partial charge in [-0.25, -0.2) is 4.99 Å². The van der Waals surface area contributed by atoms with Gasteiger partial charge in [-0.2, -0.15) is 0 Å². The van der Waals surface area contributed by atoms with Gasteiger partial charge < -0.3 is 0 Å². The van der Waals surface area contributed by atoms with Gasteiger partial charge in [0.25, 0.3) is 0 Å². The van der Waals surface area contributed by atoms with Crippen LogP contribution in [0.1, 0.15) is 18.1 Å². The summed E-state index contributed by atoms with van der Waals surface area (Å²) >= 11 is 0. The van der Waals surface area contributed by atoms with E-state index in [4.69, 9.17) is 5.41 Å². The molecule has 4 rings (SSSR count). The first-order valence-corrected chi connectivity index (χ1v) is 9.66. The van der Waals surface area contributed by atoms with Crippen molar-refractivity contribution >= 4 is 11.5 Å². The van der Waals surface area contributed by atoms with Gasteiger partial charge in [-0.15, -0.1) is 0 Å². The molecular weight excluding hydrogens is 352 g/mol. The highest BCUT2D eigenvalue weighted by Crippen LogP contribution is 2.22. The number of nitrogens with one attached hydrogen (secondary N) is 1. The summed E-state index contributed by atoms with van der Waals surface area (Å²) < 4.78 is 0. The lowest BCUT2D eigenvalue weighted by molar-refractivity contribution is 1.40. The molecule has 2 nitrogen and oxygen atoms in total. The molecule has 0 aliphatic carbocycles. The molecule has 0 heterocycles. The second-order valence-corrected chi connectivity index (χ2v) is 6.94. The van der Waals surface area contributed by atoms with Crippen molar-refractivity contribution in [1.29, 1.82) is 5.41 Å². The summed E-state index contributed by atoms with van der Waals surface area (Å²) in [7, 11) is 0. The van der Waals surface area contributed by atoms with Crippen molar-refractivity contribution in [3.8, 4) is 22.3 Å². The highest BCUT2D eigenvalue weighted by molar-refractivity contribution is 6.11. The van der Waals surface area contributed by atoms with Crippen LogP contribution in [-0.2, 0) is 0 Å². The predicted octanol–water partition coefficient (Wildman–Crippen LogP) is 6.86. The third kappa shape index (κ3) is 4.39. The zero-order chi connectivity index (χ0) is 20.1. The average molecular weight is 374 g/mol. The van der Waals surface area contributed by atoms with Crippen molar-refractivity contribution in [1.82, 2.24) is 0 Å². The third-order valence-electron chi connectivity index (χ3n) is 4.91. The first-order chi connectivity index (χ1) is 14.2. The van der Waals surface area contributed by atoms with E-state index in [9.17, 15) is 0 Å². The van der Waals surface area contributed by atoms with E-state index in [1.54, 1.807) is 0 Å². The largest absolute Gasteiger partial charge is 0.282 e. The molecule has 0 atom stereocenters. The molecule has 0 radical (unpaired) electrons. The van der Waals surface area contributed by atoms with Gasteiger partial charge in [0.1, 0.15) is 0 Å². The Labute approximate surface area is 171 Å². The molecule has 0 saturated heterocycles. The number of rotatable bonds is 4. The minimum absolute atomic E-state index is 0.269. The molecule has 1 N–H and O–H groups in total. The SMILES string of the molecule is CC(=NC(=N)c1cccc(-c2ccccc2)c1)c1cccc(-c2ccccc2)c1. The minimum atomic E-state index is 0.269. The molecule has 140 valence electrons. The third-order valence-corrected chi connectivity index (χ3v) is 4.91. The lowest BCUT2D eigenvalue weighted by Crippen LogP contribution is -2.02. The molecule has 0 aliphatic rings. The van der Waals surface area contributed by atoms with Crippen LogP contribution in [0.3, 0.4) is 0 Å². The number of aliphatic imine (C=N–C) groups is 1. The fraction of sp³-hybridized carbons (Fsp3) is 0.0370. The summed E-state index contributed by atoms with van der Waals surface area (Å²) in [6.45, 7) is 1.96. The molecule has 2 heteroatoms. The van der Waals surface area contributed by atoms with E-state index in [2.05, 4.69) is 47.5 Å².